The lowest BCUT2D eigenvalue weighted by molar-refractivity contribution is 0.0165. The van der Waals surface area contributed by atoms with Crippen LogP contribution in [0.15, 0.2) is 18.3 Å². The number of carbonyl (C=O) groups excluding carboxylic acids is 1. The molecule has 0 atom stereocenters. The lowest BCUT2D eigenvalue weighted by atomic mass is 9.85. The van der Waals surface area contributed by atoms with E-state index >= 15 is 0 Å². The summed E-state index contributed by atoms with van der Waals surface area (Å²) in [7, 11) is 0. The normalized spacial score (nSPS) is 17.5. The number of ether oxygens (including phenoxy) is 1. The summed E-state index contributed by atoms with van der Waals surface area (Å²) in [6, 6.07) is 3.38. The van der Waals surface area contributed by atoms with Crippen LogP contribution in [0.25, 0.3) is 0 Å². The van der Waals surface area contributed by atoms with E-state index in [1.165, 1.54) is 6.42 Å². The Balaban J connectivity index is 2.03. The first kappa shape index (κ1) is 14.8. The fourth-order valence-electron chi connectivity index (χ4n) is 2.55. The van der Waals surface area contributed by atoms with E-state index in [9.17, 15) is 9.90 Å². The molecule has 0 bridgehead atoms. The summed E-state index contributed by atoms with van der Waals surface area (Å²) in [5.74, 6) is 0.0867. The lowest BCUT2D eigenvalue weighted by Gasteiger charge is -2.32. The Morgan fingerprint density at radius 3 is 2.90 bits per heavy atom. The van der Waals surface area contributed by atoms with Gasteiger partial charge in [-0.25, -0.2) is 9.78 Å². The Labute approximate surface area is 119 Å². The van der Waals surface area contributed by atoms with Gasteiger partial charge in [0.15, 0.2) is 0 Å². The Kier molecular flexibility index (Phi) is 4.95. The zero-order chi connectivity index (χ0) is 14.4. The van der Waals surface area contributed by atoms with Crippen LogP contribution in [0.5, 0.6) is 0 Å². The van der Waals surface area contributed by atoms with Gasteiger partial charge in [0.2, 0.25) is 0 Å². The molecule has 0 saturated heterocycles. The van der Waals surface area contributed by atoms with Crippen LogP contribution < -0.4 is 5.32 Å². The molecule has 0 aromatic carbocycles. The molecule has 1 heterocycles. The van der Waals surface area contributed by atoms with Crippen LogP contribution in [0, 0.1) is 0 Å². The van der Waals surface area contributed by atoms with Gasteiger partial charge in [-0.1, -0.05) is 19.3 Å². The number of pyridine rings is 1. The topological polar surface area (TPSA) is 71.5 Å². The van der Waals surface area contributed by atoms with E-state index in [2.05, 4.69) is 10.3 Å². The molecule has 1 aliphatic carbocycles. The summed E-state index contributed by atoms with van der Waals surface area (Å²) in [6.45, 7) is 2.51. The Morgan fingerprint density at radius 1 is 1.45 bits per heavy atom. The molecular formula is C15H22N2O3. The fourth-order valence-corrected chi connectivity index (χ4v) is 2.55. The molecule has 2 N–H and O–H groups in total. The molecule has 5 heteroatoms. The van der Waals surface area contributed by atoms with Gasteiger partial charge in [-0.15, -0.1) is 0 Å². The minimum absolute atomic E-state index is 0.330. The number of anilines is 1. The maximum atomic E-state index is 11.8. The first-order valence-corrected chi connectivity index (χ1v) is 7.23. The van der Waals surface area contributed by atoms with Crippen molar-refractivity contribution >= 4 is 11.8 Å². The van der Waals surface area contributed by atoms with Gasteiger partial charge in [0.05, 0.1) is 12.2 Å². The molecule has 1 aromatic rings. The van der Waals surface area contributed by atoms with Crippen LogP contribution in [0.1, 0.15) is 49.4 Å². The molecule has 5 nitrogen and oxygen atoms in total. The first-order valence-electron chi connectivity index (χ1n) is 7.23. The molecule has 0 radical (unpaired) electrons. The summed E-state index contributed by atoms with van der Waals surface area (Å²) in [5.41, 5.74) is -0.282. The van der Waals surface area contributed by atoms with Gasteiger partial charge < -0.3 is 15.2 Å². The van der Waals surface area contributed by atoms with Gasteiger partial charge >= 0.3 is 5.97 Å². The van der Waals surface area contributed by atoms with E-state index in [0.717, 1.165) is 25.7 Å². The summed E-state index contributed by atoms with van der Waals surface area (Å²) in [6.07, 6.45) is 6.48. The smallest absolute Gasteiger partial charge is 0.341 e. The summed E-state index contributed by atoms with van der Waals surface area (Å²) in [5, 5.41) is 13.6. The fraction of sp³-hybridized carbons (Fsp3) is 0.600. The number of aliphatic hydroxyl groups is 1. The molecule has 2 rings (SSSR count). The first-order chi connectivity index (χ1) is 9.64. The van der Waals surface area contributed by atoms with Crippen LogP contribution in [-0.4, -0.2) is 34.8 Å². The highest BCUT2D eigenvalue weighted by atomic mass is 16.5. The van der Waals surface area contributed by atoms with E-state index in [0.29, 0.717) is 24.5 Å². The number of carbonyl (C=O) groups is 1. The Morgan fingerprint density at radius 2 is 2.20 bits per heavy atom. The van der Waals surface area contributed by atoms with Crippen molar-refractivity contribution < 1.29 is 14.6 Å². The number of rotatable bonds is 5. The molecule has 0 spiro atoms. The zero-order valence-electron chi connectivity index (χ0n) is 11.9. The maximum absolute atomic E-state index is 11.8. The number of hydrogen-bond acceptors (Lipinski definition) is 5. The molecule has 20 heavy (non-hydrogen) atoms. The largest absolute Gasteiger partial charge is 0.462 e. The zero-order valence-corrected chi connectivity index (χ0v) is 11.9. The van der Waals surface area contributed by atoms with Crippen molar-refractivity contribution in [2.75, 3.05) is 18.5 Å². The second-order valence-electron chi connectivity index (χ2n) is 5.26. The minimum Gasteiger partial charge on any atom is -0.462 e. The third kappa shape index (κ3) is 3.70. The van der Waals surface area contributed by atoms with Crippen molar-refractivity contribution in [2.24, 2.45) is 0 Å². The number of esters is 1. The molecule has 0 aliphatic heterocycles. The molecule has 0 amide bonds. The van der Waals surface area contributed by atoms with Crippen molar-refractivity contribution in [3.05, 3.63) is 23.9 Å². The molecule has 1 aromatic heterocycles. The van der Waals surface area contributed by atoms with Crippen LogP contribution in [0.3, 0.4) is 0 Å². The average Bonchev–Trinajstić information content (AvgIpc) is 2.47. The van der Waals surface area contributed by atoms with Crippen LogP contribution in [-0.2, 0) is 4.74 Å². The second-order valence-corrected chi connectivity index (χ2v) is 5.26. The Hall–Kier alpha value is -1.62. The van der Waals surface area contributed by atoms with Gasteiger partial charge in [-0.05, 0) is 31.9 Å². The lowest BCUT2D eigenvalue weighted by Crippen LogP contribution is -2.39. The van der Waals surface area contributed by atoms with Gasteiger partial charge in [0.1, 0.15) is 11.4 Å². The molecule has 1 saturated carbocycles. The molecule has 1 aliphatic rings. The van der Waals surface area contributed by atoms with Gasteiger partial charge in [-0.2, -0.15) is 0 Å². The summed E-state index contributed by atoms with van der Waals surface area (Å²) >= 11 is 0. The second kappa shape index (κ2) is 6.70. The highest BCUT2D eigenvalue weighted by molar-refractivity contribution is 5.94. The third-order valence-corrected chi connectivity index (χ3v) is 3.67. The molecular weight excluding hydrogens is 256 g/mol. The SMILES string of the molecule is CCOC(=O)c1cccnc1NCC1(O)CCCCC1. The number of nitrogens with one attached hydrogen (secondary N) is 1. The van der Waals surface area contributed by atoms with E-state index in [1.807, 2.05) is 0 Å². The average molecular weight is 278 g/mol. The van der Waals surface area contributed by atoms with Crippen molar-refractivity contribution in [2.45, 2.75) is 44.6 Å². The van der Waals surface area contributed by atoms with Crippen LogP contribution in [0.4, 0.5) is 5.82 Å². The highest BCUT2D eigenvalue weighted by Crippen LogP contribution is 2.28. The van der Waals surface area contributed by atoms with Crippen LogP contribution >= 0.6 is 0 Å². The van der Waals surface area contributed by atoms with E-state index in [1.54, 1.807) is 25.3 Å². The van der Waals surface area contributed by atoms with Gasteiger partial charge in [0, 0.05) is 12.7 Å². The number of aromatic nitrogens is 1. The number of hydrogen-bond donors (Lipinski definition) is 2. The van der Waals surface area contributed by atoms with Crippen molar-refractivity contribution in [3.63, 3.8) is 0 Å². The Bertz CT molecular complexity index is 456. The number of nitrogens with zero attached hydrogens (tertiary/aromatic N) is 1. The molecule has 110 valence electrons. The van der Waals surface area contributed by atoms with Crippen molar-refractivity contribution in [1.29, 1.82) is 0 Å². The predicted octanol–water partition coefficient (Wildman–Crippen LogP) is 2.37. The van der Waals surface area contributed by atoms with E-state index < -0.39 is 11.6 Å². The van der Waals surface area contributed by atoms with Gasteiger partial charge in [0.25, 0.3) is 0 Å². The van der Waals surface area contributed by atoms with Crippen LogP contribution in [0.2, 0.25) is 0 Å². The molecule has 1 fully saturated rings. The predicted molar refractivity (Wildman–Crippen MR) is 76.7 cm³/mol. The summed E-state index contributed by atoms with van der Waals surface area (Å²) in [4.78, 5) is 16.0. The van der Waals surface area contributed by atoms with E-state index in [-0.39, 0.29) is 0 Å². The third-order valence-electron chi connectivity index (χ3n) is 3.67. The minimum atomic E-state index is -0.693. The molecule has 0 unspecified atom stereocenters. The van der Waals surface area contributed by atoms with Gasteiger partial charge in [-0.3, -0.25) is 0 Å². The quantitative estimate of drug-likeness (QED) is 0.809. The standard InChI is InChI=1S/C15H22N2O3/c1-2-20-14(18)12-7-6-10-16-13(12)17-11-15(19)8-4-3-5-9-15/h6-7,10,19H,2-5,8-9,11H2,1H3,(H,16,17). The summed E-state index contributed by atoms with van der Waals surface area (Å²) < 4.78 is 5.00. The van der Waals surface area contributed by atoms with Crippen molar-refractivity contribution in [1.82, 2.24) is 4.98 Å². The van der Waals surface area contributed by atoms with Crippen molar-refractivity contribution in [3.8, 4) is 0 Å². The van der Waals surface area contributed by atoms with E-state index in [4.69, 9.17) is 4.74 Å². The monoisotopic (exact) mass is 278 g/mol. The maximum Gasteiger partial charge on any atom is 0.341 e. The highest BCUT2D eigenvalue weighted by Gasteiger charge is 2.29.